The third-order valence-corrected chi connectivity index (χ3v) is 6.04. The van der Waals surface area contributed by atoms with E-state index in [1.165, 1.54) is 35.1 Å². The van der Waals surface area contributed by atoms with Gasteiger partial charge in [0.1, 0.15) is 0 Å². The van der Waals surface area contributed by atoms with E-state index in [0.29, 0.717) is 5.69 Å². The molecule has 1 aromatic heterocycles. The number of hydrogen-bond acceptors (Lipinski definition) is 6. The molecule has 0 atom stereocenters. The van der Waals surface area contributed by atoms with Gasteiger partial charge < -0.3 is 5.11 Å². The highest BCUT2D eigenvalue weighted by Crippen LogP contribution is 2.22. The van der Waals surface area contributed by atoms with Gasteiger partial charge in [-0.3, -0.25) is 20.4 Å². The van der Waals surface area contributed by atoms with Gasteiger partial charge in [-0.1, -0.05) is 24.3 Å². The number of benzene rings is 2. The molecule has 4 rings (SSSR count). The van der Waals surface area contributed by atoms with Crippen LogP contribution in [0.25, 0.3) is 5.69 Å². The van der Waals surface area contributed by atoms with Gasteiger partial charge in [0.15, 0.2) is 11.4 Å². The average molecular weight is 441 g/mol. The summed E-state index contributed by atoms with van der Waals surface area (Å²) in [6.07, 6.45) is 2.85. The fraction of sp³-hybridized carbons (Fsp3) is 0.150. The van der Waals surface area contributed by atoms with Gasteiger partial charge in [-0.25, -0.2) is 17.8 Å². The summed E-state index contributed by atoms with van der Waals surface area (Å²) in [6, 6.07) is 14.3. The zero-order chi connectivity index (χ0) is 22.0. The standard InChI is InChI=1S/C20H19N5O5S/c26-17-12-25(15-6-2-1-3-7-15)23-18(17)20(28)22-21-19(27)13-5-4-8-16(11-13)31(29,30)24-14-9-10-14/h1-8,11-12,14,24,26H,9-10H2,(H,21,27)(H,22,28). The normalized spacial score (nSPS) is 13.5. The third kappa shape index (κ3) is 4.73. The van der Waals surface area contributed by atoms with Crippen molar-refractivity contribution in [2.24, 2.45) is 0 Å². The first-order chi connectivity index (χ1) is 14.8. The molecule has 1 aliphatic carbocycles. The van der Waals surface area contributed by atoms with Crippen LogP contribution in [0.15, 0.2) is 65.7 Å². The van der Waals surface area contributed by atoms with E-state index >= 15 is 0 Å². The van der Waals surface area contributed by atoms with Gasteiger partial charge in [-0.2, -0.15) is 5.10 Å². The monoisotopic (exact) mass is 441 g/mol. The average Bonchev–Trinajstić information content (AvgIpc) is 3.49. The zero-order valence-electron chi connectivity index (χ0n) is 16.1. The number of aromatic hydroxyl groups is 1. The summed E-state index contributed by atoms with van der Waals surface area (Å²) in [6.45, 7) is 0. The Bertz CT molecular complexity index is 1240. The molecule has 2 aromatic carbocycles. The summed E-state index contributed by atoms with van der Waals surface area (Å²) < 4.78 is 28.5. The van der Waals surface area contributed by atoms with Crippen molar-refractivity contribution >= 4 is 21.8 Å². The van der Waals surface area contributed by atoms with E-state index in [9.17, 15) is 23.1 Å². The number of carbonyl (C=O) groups excluding carboxylic acids is 2. The molecule has 2 amide bonds. The van der Waals surface area contributed by atoms with Crippen molar-refractivity contribution in [3.8, 4) is 11.4 Å². The van der Waals surface area contributed by atoms with Crippen LogP contribution >= 0.6 is 0 Å². The SMILES string of the molecule is O=C(NNC(=O)c1nn(-c2ccccc2)cc1O)c1cccc(S(=O)(=O)NC2CC2)c1. The lowest BCUT2D eigenvalue weighted by molar-refractivity contribution is 0.0842. The van der Waals surface area contributed by atoms with Crippen molar-refractivity contribution in [1.82, 2.24) is 25.4 Å². The molecule has 0 spiro atoms. The lowest BCUT2D eigenvalue weighted by Crippen LogP contribution is -2.42. The maximum atomic E-state index is 12.4. The third-order valence-electron chi connectivity index (χ3n) is 4.53. The number of sulfonamides is 1. The van der Waals surface area contributed by atoms with Crippen molar-refractivity contribution in [1.29, 1.82) is 0 Å². The predicted molar refractivity (Wildman–Crippen MR) is 110 cm³/mol. The van der Waals surface area contributed by atoms with Crippen molar-refractivity contribution in [3.05, 3.63) is 72.1 Å². The van der Waals surface area contributed by atoms with Crippen molar-refractivity contribution < 1.29 is 23.1 Å². The van der Waals surface area contributed by atoms with Crippen LogP contribution in [0.1, 0.15) is 33.7 Å². The molecule has 10 nitrogen and oxygen atoms in total. The number of rotatable bonds is 6. The van der Waals surface area contributed by atoms with Crippen LogP contribution in [-0.2, 0) is 10.0 Å². The van der Waals surface area contributed by atoms with E-state index in [-0.39, 0.29) is 27.9 Å². The summed E-state index contributed by atoms with van der Waals surface area (Å²) in [4.78, 5) is 24.7. The molecule has 0 radical (unpaired) electrons. The van der Waals surface area contributed by atoms with Crippen LogP contribution in [0, 0.1) is 0 Å². The van der Waals surface area contributed by atoms with Crippen LogP contribution < -0.4 is 15.6 Å². The Balaban J connectivity index is 1.43. The lowest BCUT2D eigenvalue weighted by Gasteiger charge is -2.09. The maximum absolute atomic E-state index is 12.4. The molecule has 0 aliphatic heterocycles. The molecule has 1 saturated carbocycles. The number of amides is 2. The predicted octanol–water partition coefficient (Wildman–Crippen LogP) is 1.09. The molecular weight excluding hydrogens is 422 g/mol. The van der Waals surface area contributed by atoms with Crippen LogP contribution in [0.5, 0.6) is 5.75 Å². The minimum atomic E-state index is -3.72. The van der Waals surface area contributed by atoms with E-state index in [1.54, 1.807) is 24.3 Å². The van der Waals surface area contributed by atoms with E-state index in [2.05, 4.69) is 20.7 Å². The number of nitrogens with zero attached hydrogens (tertiary/aromatic N) is 2. The second-order valence-electron chi connectivity index (χ2n) is 6.97. The Morgan fingerprint density at radius 3 is 2.42 bits per heavy atom. The Morgan fingerprint density at radius 1 is 1.00 bits per heavy atom. The Hall–Kier alpha value is -3.70. The smallest absolute Gasteiger partial charge is 0.294 e. The van der Waals surface area contributed by atoms with Gasteiger partial charge in [0.2, 0.25) is 10.0 Å². The van der Waals surface area contributed by atoms with E-state index in [1.807, 2.05) is 6.07 Å². The molecule has 11 heteroatoms. The summed E-state index contributed by atoms with van der Waals surface area (Å²) >= 11 is 0. The summed E-state index contributed by atoms with van der Waals surface area (Å²) in [5.41, 5.74) is 4.75. The summed E-state index contributed by atoms with van der Waals surface area (Å²) in [5.74, 6) is -1.92. The number of hydrazine groups is 1. The van der Waals surface area contributed by atoms with Gasteiger partial charge in [0.25, 0.3) is 11.8 Å². The maximum Gasteiger partial charge on any atom is 0.294 e. The molecule has 1 aliphatic rings. The van der Waals surface area contributed by atoms with Gasteiger partial charge in [-0.15, -0.1) is 0 Å². The Morgan fingerprint density at radius 2 is 1.71 bits per heavy atom. The number of carbonyl (C=O) groups is 2. The van der Waals surface area contributed by atoms with Crippen molar-refractivity contribution in [3.63, 3.8) is 0 Å². The fourth-order valence-electron chi connectivity index (χ4n) is 2.78. The number of hydrogen-bond donors (Lipinski definition) is 4. The first kappa shape index (κ1) is 20.6. The van der Waals surface area contributed by atoms with Crippen LogP contribution in [0.2, 0.25) is 0 Å². The van der Waals surface area contributed by atoms with Crippen LogP contribution in [-0.4, -0.2) is 41.2 Å². The molecule has 1 fully saturated rings. The van der Waals surface area contributed by atoms with Gasteiger partial charge in [-0.05, 0) is 43.2 Å². The van der Waals surface area contributed by atoms with E-state index in [4.69, 9.17) is 0 Å². The van der Waals surface area contributed by atoms with Gasteiger partial charge >= 0.3 is 0 Å². The molecule has 4 N–H and O–H groups in total. The van der Waals surface area contributed by atoms with Gasteiger partial charge in [0.05, 0.1) is 16.8 Å². The topological polar surface area (TPSA) is 142 Å². The minimum absolute atomic E-state index is 0.0398. The van der Waals surface area contributed by atoms with Crippen LogP contribution in [0.4, 0.5) is 0 Å². The van der Waals surface area contributed by atoms with Crippen LogP contribution in [0.3, 0.4) is 0 Å². The first-order valence-corrected chi connectivity index (χ1v) is 10.9. The largest absolute Gasteiger partial charge is 0.504 e. The second-order valence-corrected chi connectivity index (χ2v) is 8.69. The first-order valence-electron chi connectivity index (χ1n) is 9.40. The zero-order valence-corrected chi connectivity index (χ0v) is 17.0. The van der Waals surface area contributed by atoms with E-state index in [0.717, 1.165) is 12.8 Å². The molecule has 3 aromatic rings. The lowest BCUT2D eigenvalue weighted by atomic mass is 10.2. The molecule has 160 valence electrons. The van der Waals surface area contributed by atoms with Crippen molar-refractivity contribution in [2.75, 3.05) is 0 Å². The molecular formula is C20H19N5O5S. The quantitative estimate of drug-likeness (QED) is 0.422. The Labute approximate surface area is 177 Å². The number of para-hydroxylation sites is 1. The molecule has 0 saturated heterocycles. The number of nitrogens with one attached hydrogen (secondary N) is 3. The van der Waals surface area contributed by atoms with E-state index < -0.39 is 21.8 Å². The highest BCUT2D eigenvalue weighted by molar-refractivity contribution is 7.89. The minimum Gasteiger partial charge on any atom is -0.504 e. The molecule has 31 heavy (non-hydrogen) atoms. The molecule has 1 heterocycles. The summed E-state index contributed by atoms with van der Waals surface area (Å²) in [5, 5.41) is 14.0. The second kappa shape index (κ2) is 8.20. The van der Waals surface area contributed by atoms with Crippen molar-refractivity contribution in [2.45, 2.75) is 23.8 Å². The Kier molecular flexibility index (Phi) is 5.44. The highest BCUT2D eigenvalue weighted by Gasteiger charge is 2.28. The van der Waals surface area contributed by atoms with Gasteiger partial charge in [0, 0.05) is 11.6 Å². The summed E-state index contributed by atoms with van der Waals surface area (Å²) in [7, 11) is -3.72. The molecule has 0 unspecified atom stereocenters. The highest BCUT2D eigenvalue weighted by atomic mass is 32.2. The number of aromatic nitrogens is 2. The fourth-order valence-corrected chi connectivity index (χ4v) is 4.13. The molecule has 0 bridgehead atoms.